The zero-order valence-electron chi connectivity index (χ0n) is 11.1. The predicted octanol–water partition coefficient (Wildman–Crippen LogP) is 3.88. The van der Waals surface area contributed by atoms with Gasteiger partial charge in [-0.1, -0.05) is 0 Å². The molecule has 2 N–H and O–H groups in total. The van der Waals surface area contributed by atoms with Gasteiger partial charge in [0, 0.05) is 0 Å². The standard InChI is InChI=1S/C14H16BrNO2S/c1-8-4-11(17-2)12(18-3)6-10(8)14(16)9-5-13(15)19-7-9/h4-7,14H,16H2,1-3H3. The molecule has 1 heterocycles. The van der Waals surface area contributed by atoms with Crippen LogP contribution in [0.15, 0.2) is 27.4 Å². The maximum atomic E-state index is 6.34. The van der Waals surface area contributed by atoms with Crippen LogP contribution in [-0.4, -0.2) is 14.2 Å². The third-order valence-electron chi connectivity index (χ3n) is 3.05. The molecule has 0 saturated heterocycles. The summed E-state index contributed by atoms with van der Waals surface area (Å²) in [5.74, 6) is 1.43. The predicted molar refractivity (Wildman–Crippen MR) is 82.3 cm³/mol. The molecule has 5 heteroatoms. The molecule has 3 nitrogen and oxygen atoms in total. The quantitative estimate of drug-likeness (QED) is 0.917. The van der Waals surface area contributed by atoms with E-state index in [1.54, 1.807) is 25.6 Å². The lowest BCUT2D eigenvalue weighted by molar-refractivity contribution is 0.354. The molecule has 0 fully saturated rings. The lowest BCUT2D eigenvalue weighted by Gasteiger charge is -2.17. The van der Waals surface area contributed by atoms with Gasteiger partial charge in [-0.2, -0.15) is 0 Å². The second-order valence-electron chi connectivity index (χ2n) is 4.23. The van der Waals surface area contributed by atoms with Crippen molar-refractivity contribution in [3.05, 3.63) is 44.1 Å². The zero-order chi connectivity index (χ0) is 14.0. The van der Waals surface area contributed by atoms with Crippen molar-refractivity contribution < 1.29 is 9.47 Å². The van der Waals surface area contributed by atoms with Crippen molar-refractivity contribution in [2.24, 2.45) is 5.73 Å². The van der Waals surface area contributed by atoms with Crippen LogP contribution in [0, 0.1) is 6.92 Å². The molecule has 0 radical (unpaired) electrons. The number of benzene rings is 1. The molecule has 2 rings (SSSR count). The molecule has 0 spiro atoms. The first-order valence-electron chi connectivity index (χ1n) is 5.78. The summed E-state index contributed by atoms with van der Waals surface area (Å²) in [5.41, 5.74) is 9.56. The highest BCUT2D eigenvalue weighted by Gasteiger charge is 2.16. The summed E-state index contributed by atoms with van der Waals surface area (Å²) in [6.45, 7) is 2.03. The Balaban J connectivity index is 2.44. The Bertz CT molecular complexity index is 583. The summed E-state index contributed by atoms with van der Waals surface area (Å²) in [7, 11) is 3.26. The summed E-state index contributed by atoms with van der Waals surface area (Å²) in [6.07, 6.45) is 0. The molecule has 2 aromatic rings. The molecule has 0 amide bonds. The fourth-order valence-corrected chi connectivity index (χ4v) is 3.21. The van der Waals surface area contributed by atoms with Crippen molar-refractivity contribution in [2.45, 2.75) is 13.0 Å². The highest BCUT2D eigenvalue weighted by Crippen LogP contribution is 2.35. The van der Waals surface area contributed by atoms with Gasteiger partial charge in [-0.15, -0.1) is 11.3 Å². The Morgan fingerprint density at radius 2 is 1.79 bits per heavy atom. The molecule has 1 atom stereocenters. The molecule has 1 aromatic heterocycles. The number of hydrogen-bond donors (Lipinski definition) is 1. The van der Waals surface area contributed by atoms with Crippen LogP contribution in [0.4, 0.5) is 0 Å². The normalized spacial score (nSPS) is 12.3. The Labute approximate surface area is 125 Å². The third kappa shape index (κ3) is 2.94. The molecule has 0 bridgehead atoms. The smallest absolute Gasteiger partial charge is 0.161 e. The number of methoxy groups -OCH3 is 2. The van der Waals surface area contributed by atoms with Gasteiger partial charge >= 0.3 is 0 Å². The van der Waals surface area contributed by atoms with Gasteiger partial charge in [0.25, 0.3) is 0 Å². The minimum absolute atomic E-state index is 0.164. The van der Waals surface area contributed by atoms with Crippen molar-refractivity contribution in [1.82, 2.24) is 0 Å². The summed E-state index contributed by atoms with van der Waals surface area (Å²) in [5, 5.41) is 2.06. The van der Waals surface area contributed by atoms with Gasteiger partial charge in [0.15, 0.2) is 11.5 Å². The van der Waals surface area contributed by atoms with Gasteiger partial charge < -0.3 is 15.2 Å². The number of thiophene rings is 1. The van der Waals surface area contributed by atoms with Gasteiger partial charge in [0.05, 0.1) is 24.0 Å². The second-order valence-corrected chi connectivity index (χ2v) is 6.52. The van der Waals surface area contributed by atoms with Crippen molar-refractivity contribution in [1.29, 1.82) is 0 Å². The van der Waals surface area contributed by atoms with E-state index in [0.29, 0.717) is 5.75 Å². The Morgan fingerprint density at radius 1 is 1.16 bits per heavy atom. The van der Waals surface area contributed by atoms with Gasteiger partial charge in [-0.3, -0.25) is 0 Å². The van der Waals surface area contributed by atoms with Crippen LogP contribution in [0.25, 0.3) is 0 Å². The van der Waals surface area contributed by atoms with E-state index in [9.17, 15) is 0 Å². The topological polar surface area (TPSA) is 44.5 Å². The van der Waals surface area contributed by atoms with E-state index in [1.807, 2.05) is 25.1 Å². The van der Waals surface area contributed by atoms with E-state index in [2.05, 4.69) is 21.3 Å². The third-order valence-corrected chi connectivity index (χ3v) is 4.58. The fraction of sp³-hybridized carbons (Fsp3) is 0.286. The second kappa shape index (κ2) is 5.94. The monoisotopic (exact) mass is 341 g/mol. The van der Waals surface area contributed by atoms with E-state index in [1.165, 1.54) is 0 Å². The van der Waals surface area contributed by atoms with Gasteiger partial charge in [-0.05, 0) is 63.1 Å². The molecular weight excluding hydrogens is 326 g/mol. The fourth-order valence-electron chi connectivity index (χ4n) is 2.00. The molecular formula is C14H16BrNO2S. The minimum Gasteiger partial charge on any atom is -0.493 e. The highest BCUT2D eigenvalue weighted by molar-refractivity contribution is 9.11. The van der Waals surface area contributed by atoms with E-state index in [0.717, 1.165) is 26.2 Å². The molecule has 0 aliphatic rings. The van der Waals surface area contributed by atoms with E-state index >= 15 is 0 Å². The van der Waals surface area contributed by atoms with Crippen LogP contribution in [0.1, 0.15) is 22.7 Å². The lowest BCUT2D eigenvalue weighted by Crippen LogP contribution is -2.12. The maximum absolute atomic E-state index is 6.34. The van der Waals surface area contributed by atoms with E-state index in [-0.39, 0.29) is 6.04 Å². The molecule has 102 valence electrons. The first kappa shape index (κ1) is 14.4. The average Bonchev–Trinajstić information content (AvgIpc) is 2.84. The van der Waals surface area contributed by atoms with Crippen LogP contribution < -0.4 is 15.2 Å². The van der Waals surface area contributed by atoms with Crippen LogP contribution in [0.5, 0.6) is 11.5 Å². The maximum Gasteiger partial charge on any atom is 0.161 e. The molecule has 19 heavy (non-hydrogen) atoms. The van der Waals surface area contributed by atoms with Crippen LogP contribution in [-0.2, 0) is 0 Å². The number of hydrogen-bond acceptors (Lipinski definition) is 4. The van der Waals surface area contributed by atoms with Crippen molar-refractivity contribution in [2.75, 3.05) is 14.2 Å². The molecule has 1 aromatic carbocycles. The lowest BCUT2D eigenvalue weighted by atomic mass is 9.97. The zero-order valence-corrected chi connectivity index (χ0v) is 13.5. The van der Waals surface area contributed by atoms with Crippen LogP contribution >= 0.6 is 27.3 Å². The van der Waals surface area contributed by atoms with E-state index < -0.39 is 0 Å². The summed E-state index contributed by atoms with van der Waals surface area (Å²) >= 11 is 5.09. The summed E-state index contributed by atoms with van der Waals surface area (Å²) < 4.78 is 11.7. The largest absolute Gasteiger partial charge is 0.493 e. The van der Waals surface area contributed by atoms with Crippen LogP contribution in [0.2, 0.25) is 0 Å². The SMILES string of the molecule is COc1cc(C)c(C(N)c2csc(Br)c2)cc1OC. The van der Waals surface area contributed by atoms with Gasteiger partial charge in [0.2, 0.25) is 0 Å². The Morgan fingerprint density at radius 3 is 2.32 bits per heavy atom. The first-order chi connectivity index (χ1) is 9.06. The Kier molecular flexibility index (Phi) is 4.50. The average molecular weight is 342 g/mol. The van der Waals surface area contributed by atoms with E-state index in [4.69, 9.17) is 15.2 Å². The number of aryl methyl sites for hydroxylation is 1. The molecule has 0 aliphatic carbocycles. The van der Waals surface area contributed by atoms with Crippen molar-refractivity contribution >= 4 is 27.3 Å². The van der Waals surface area contributed by atoms with Gasteiger partial charge in [-0.25, -0.2) is 0 Å². The first-order valence-corrected chi connectivity index (χ1v) is 7.46. The van der Waals surface area contributed by atoms with Crippen molar-refractivity contribution in [3.8, 4) is 11.5 Å². The van der Waals surface area contributed by atoms with Crippen molar-refractivity contribution in [3.63, 3.8) is 0 Å². The van der Waals surface area contributed by atoms with Gasteiger partial charge in [0.1, 0.15) is 0 Å². The number of halogens is 1. The Hall–Kier alpha value is -1.04. The summed E-state index contributed by atoms with van der Waals surface area (Å²) in [6, 6.07) is 5.79. The van der Waals surface area contributed by atoms with Crippen LogP contribution in [0.3, 0.4) is 0 Å². The molecule has 0 aliphatic heterocycles. The number of rotatable bonds is 4. The molecule has 1 unspecified atom stereocenters. The summed E-state index contributed by atoms with van der Waals surface area (Å²) in [4.78, 5) is 0. The number of nitrogens with two attached hydrogens (primary N) is 1. The molecule has 0 saturated carbocycles. The number of ether oxygens (including phenoxy) is 2. The minimum atomic E-state index is -0.164. The highest BCUT2D eigenvalue weighted by atomic mass is 79.9.